The lowest BCUT2D eigenvalue weighted by Crippen LogP contribution is -2.32. The Kier molecular flexibility index (Phi) is 6.22. The van der Waals surface area contributed by atoms with Crippen molar-refractivity contribution in [3.63, 3.8) is 0 Å². The molecule has 0 spiro atoms. The molecule has 172 valence electrons. The van der Waals surface area contributed by atoms with Crippen molar-refractivity contribution in [2.75, 3.05) is 19.6 Å². The van der Waals surface area contributed by atoms with Crippen molar-refractivity contribution in [2.45, 2.75) is 52.2 Å². The zero-order valence-electron chi connectivity index (χ0n) is 19.3. The summed E-state index contributed by atoms with van der Waals surface area (Å²) in [6.45, 7) is 7.55. The quantitative estimate of drug-likeness (QED) is 0.555. The van der Waals surface area contributed by atoms with Gasteiger partial charge in [0.1, 0.15) is 23.9 Å². The van der Waals surface area contributed by atoms with E-state index >= 15 is 4.39 Å². The summed E-state index contributed by atoms with van der Waals surface area (Å²) in [6.07, 6.45) is 4.69. The van der Waals surface area contributed by atoms with Crippen LogP contribution in [-0.2, 0) is 13.0 Å². The van der Waals surface area contributed by atoms with Crippen LogP contribution in [0.1, 0.15) is 55.9 Å². The van der Waals surface area contributed by atoms with Crippen LogP contribution in [-0.4, -0.2) is 51.1 Å². The standard InChI is InChI=1S/C26H30FN5O/c1-18(2)33-20-11-9-19(10-12-20)26-25-21(27)7-6-8-22(25)32-23(29-30-24(32)17-28-26)13-16-31-14-4-3-5-15-31/h6-12,18H,3-5,13-17H2,1-2H3. The van der Waals surface area contributed by atoms with E-state index in [1.165, 1.54) is 25.3 Å². The number of fused-ring (bicyclic) bond motifs is 3. The van der Waals surface area contributed by atoms with Gasteiger partial charge in [-0.05, 0) is 76.2 Å². The van der Waals surface area contributed by atoms with Crippen LogP contribution >= 0.6 is 0 Å². The normalized spacial score (nSPS) is 16.2. The summed E-state index contributed by atoms with van der Waals surface area (Å²) in [6, 6.07) is 12.9. The minimum Gasteiger partial charge on any atom is -0.491 e. The van der Waals surface area contributed by atoms with Crippen molar-refractivity contribution in [1.82, 2.24) is 19.7 Å². The van der Waals surface area contributed by atoms with Crippen molar-refractivity contribution in [2.24, 2.45) is 4.99 Å². The van der Waals surface area contributed by atoms with Crippen LogP contribution in [0.3, 0.4) is 0 Å². The molecular formula is C26H30FN5O. The largest absolute Gasteiger partial charge is 0.491 e. The molecule has 0 atom stereocenters. The molecule has 5 rings (SSSR count). The molecule has 3 heterocycles. The van der Waals surface area contributed by atoms with Crippen molar-refractivity contribution < 1.29 is 9.13 Å². The Hall–Kier alpha value is -3.06. The summed E-state index contributed by atoms with van der Waals surface area (Å²) >= 11 is 0. The highest BCUT2D eigenvalue weighted by molar-refractivity contribution is 6.15. The fraction of sp³-hybridized carbons (Fsp3) is 0.423. The zero-order chi connectivity index (χ0) is 22.8. The molecule has 0 aliphatic carbocycles. The second-order valence-corrected chi connectivity index (χ2v) is 9.01. The molecule has 6 nitrogen and oxygen atoms in total. The van der Waals surface area contributed by atoms with E-state index in [0.29, 0.717) is 17.8 Å². The van der Waals surface area contributed by atoms with E-state index in [1.807, 2.05) is 48.7 Å². The average molecular weight is 448 g/mol. The minimum atomic E-state index is -0.294. The minimum absolute atomic E-state index is 0.0945. The Bertz CT molecular complexity index is 1150. The van der Waals surface area contributed by atoms with Gasteiger partial charge in [-0.2, -0.15) is 0 Å². The number of nitrogens with zero attached hydrogens (tertiary/aromatic N) is 5. The first kappa shape index (κ1) is 21.8. The molecule has 0 unspecified atom stereocenters. The number of likely N-dealkylation sites (tertiary alicyclic amines) is 1. The zero-order valence-corrected chi connectivity index (χ0v) is 19.3. The second-order valence-electron chi connectivity index (χ2n) is 9.01. The van der Waals surface area contributed by atoms with Crippen molar-refractivity contribution in [3.8, 4) is 11.4 Å². The monoisotopic (exact) mass is 447 g/mol. The number of piperidine rings is 1. The first-order chi connectivity index (χ1) is 16.1. The van der Waals surface area contributed by atoms with Gasteiger partial charge < -0.3 is 9.64 Å². The third-order valence-corrected chi connectivity index (χ3v) is 6.24. The maximum absolute atomic E-state index is 15.3. The van der Waals surface area contributed by atoms with Crippen LogP contribution in [0.15, 0.2) is 47.5 Å². The lowest BCUT2D eigenvalue weighted by molar-refractivity contribution is 0.230. The fourth-order valence-corrected chi connectivity index (χ4v) is 4.70. The first-order valence-electron chi connectivity index (χ1n) is 11.9. The van der Waals surface area contributed by atoms with Gasteiger partial charge in [0.25, 0.3) is 0 Å². The molecule has 1 aromatic heterocycles. The van der Waals surface area contributed by atoms with Crippen LogP contribution in [0, 0.1) is 5.82 Å². The molecule has 1 fully saturated rings. The number of benzene rings is 2. The van der Waals surface area contributed by atoms with Gasteiger partial charge in [-0.15, -0.1) is 10.2 Å². The van der Waals surface area contributed by atoms with Crippen LogP contribution in [0.5, 0.6) is 5.75 Å². The van der Waals surface area contributed by atoms with Gasteiger partial charge in [-0.3, -0.25) is 9.56 Å². The fourth-order valence-electron chi connectivity index (χ4n) is 4.70. The van der Waals surface area contributed by atoms with E-state index in [9.17, 15) is 0 Å². The van der Waals surface area contributed by atoms with Gasteiger partial charge in [0, 0.05) is 18.5 Å². The molecule has 0 radical (unpaired) electrons. The summed E-state index contributed by atoms with van der Waals surface area (Å²) in [5, 5.41) is 8.90. The molecular weight excluding hydrogens is 417 g/mol. The predicted molar refractivity (Wildman–Crippen MR) is 127 cm³/mol. The molecule has 0 N–H and O–H groups in total. The lowest BCUT2D eigenvalue weighted by Gasteiger charge is -2.26. The summed E-state index contributed by atoms with van der Waals surface area (Å²) in [4.78, 5) is 7.28. The second kappa shape index (κ2) is 9.43. The predicted octanol–water partition coefficient (Wildman–Crippen LogP) is 4.57. The molecule has 0 amide bonds. The molecule has 2 aliphatic heterocycles. The van der Waals surface area contributed by atoms with Crippen LogP contribution in [0.25, 0.3) is 5.69 Å². The molecule has 0 bridgehead atoms. The molecule has 3 aromatic rings. The molecule has 7 heteroatoms. The SMILES string of the molecule is CC(C)Oc1ccc(C2=NCc3nnc(CCN4CCCCC4)n3-c3cccc(F)c32)cc1. The Morgan fingerprint density at radius 1 is 1.00 bits per heavy atom. The van der Waals surface area contributed by atoms with Gasteiger partial charge in [0.15, 0.2) is 5.82 Å². The molecule has 2 aromatic carbocycles. The van der Waals surface area contributed by atoms with E-state index < -0.39 is 0 Å². The number of hydrogen-bond donors (Lipinski definition) is 0. The van der Waals surface area contributed by atoms with Crippen LogP contribution in [0.2, 0.25) is 0 Å². The molecule has 0 saturated carbocycles. The van der Waals surface area contributed by atoms with Crippen LogP contribution in [0.4, 0.5) is 4.39 Å². The average Bonchev–Trinajstić information content (AvgIpc) is 3.14. The number of aliphatic imine (C=N–C) groups is 1. The number of halogens is 1. The first-order valence-corrected chi connectivity index (χ1v) is 11.9. The van der Waals surface area contributed by atoms with Crippen molar-refractivity contribution in [3.05, 3.63) is 71.1 Å². The highest BCUT2D eigenvalue weighted by Gasteiger charge is 2.25. The highest BCUT2D eigenvalue weighted by atomic mass is 19.1. The Morgan fingerprint density at radius 2 is 1.79 bits per heavy atom. The summed E-state index contributed by atoms with van der Waals surface area (Å²) in [7, 11) is 0. The number of aromatic nitrogens is 3. The van der Waals surface area contributed by atoms with Gasteiger partial charge in [0.05, 0.1) is 23.1 Å². The van der Waals surface area contributed by atoms with E-state index in [1.54, 1.807) is 6.07 Å². The van der Waals surface area contributed by atoms with E-state index in [2.05, 4.69) is 15.1 Å². The topological polar surface area (TPSA) is 55.5 Å². The summed E-state index contributed by atoms with van der Waals surface area (Å²) in [5.41, 5.74) is 2.73. The molecule has 2 aliphatic rings. The van der Waals surface area contributed by atoms with E-state index in [0.717, 1.165) is 54.7 Å². The van der Waals surface area contributed by atoms with Gasteiger partial charge in [0.2, 0.25) is 0 Å². The summed E-state index contributed by atoms with van der Waals surface area (Å²) in [5.74, 6) is 2.09. The van der Waals surface area contributed by atoms with Gasteiger partial charge in [-0.1, -0.05) is 12.5 Å². The number of hydrogen-bond acceptors (Lipinski definition) is 5. The van der Waals surface area contributed by atoms with E-state index in [-0.39, 0.29) is 11.9 Å². The van der Waals surface area contributed by atoms with Gasteiger partial charge in [-0.25, -0.2) is 4.39 Å². The smallest absolute Gasteiger partial charge is 0.159 e. The maximum atomic E-state index is 15.3. The number of rotatable bonds is 6. The maximum Gasteiger partial charge on any atom is 0.159 e. The summed E-state index contributed by atoms with van der Waals surface area (Å²) < 4.78 is 23.1. The highest BCUT2D eigenvalue weighted by Crippen LogP contribution is 2.29. The Balaban J connectivity index is 1.49. The third-order valence-electron chi connectivity index (χ3n) is 6.24. The third kappa shape index (κ3) is 4.55. The van der Waals surface area contributed by atoms with Crippen molar-refractivity contribution in [1.29, 1.82) is 0 Å². The molecule has 33 heavy (non-hydrogen) atoms. The number of ether oxygens (including phenoxy) is 1. The van der Waals surface area contributed by atoms with E-state index in [4.69, 9.17) is 9.73 Å². The van der Waals surface area contributed by atoms with Crippen molar-refractivity contribution >= 4 is 5.71 Å². The van der Waals surface area contributed by atoms with Crippen LogP contribution < -0.4 is 4.74 Å². The Morgan fingerprint density at radius 3 is 2.55 bits per heavy atom. The molecule has 1 saturated heterocycles. The Labute approximate surface area is 194 Å². The van der Waals surface area contributed by atoms with Gasteiger partial charge >= 0.3 is 0 Å². The lowest BCUT2D eigenvalue weighted by atomic mass is 9.99.